The molecular weight excluding hydrogens is 476 g/mol. The first-order valence-corrected chi connectivity index (χ1v) is 13.4. The van der Waals surface area contributed by atoms with Gasteiger partial charge in [0.05, 0.1) is 30.3 Å². The topological polar surface area (TPSA) is 84.9 Å². The van der Waals surface area contributed by atoms with Crippen LogP contribution in [0.25, 0.3) is 0 Å². The summed E-state index contributed by atoms with van der Waals surface area (Å²) < 4.78 is 39.8. The number of rotatable bonds is 8. The number of hydrogen-bond acceptors (Lipinski definition) is 5. The molecule has 190 valence electrons. The lowest BCUT2D eigenvalue weighted by Gasteiger charge is -2.35. The van der Waals surface area contributed by atoms with Gasteiger partial charge in [-0.05, 0) is 61.2 Å². The predicted molar refractivity (Wildman–Crippen MR) is 140 cm³/mol. The molecule has 7 nitrogen and oxygen atoms in total. The monoisotopic (exact) mass is 508 g/mol. The van der Waals surface area contributed by atoms with Crippen molar-refractivity contribution in [2.24, 2.45) is 5.92 Å². The Bertz CT molecular complexity index is 1300. The molecule has 1 aliphatic heterocycles. The largest absolute Gasteiger partial charge is 0.497 e. The van der Waals surface area contributed by atoms with Gasteiger partial charge < -0.3 is 14.8 Å². The number of benzene rings is 3. The van der Waals surface area contributed by atoms with Crippen LogP contribution < -0.4 is 19.1 Å². The van der Waals surface area contributed by atoms with Crippen molar-refractivity contribution in [1.29, 1.82) is 0 Å². The highest BCUT2D eigenvalue weighted by molar-refractivity contribution is 7.92. The molecular formula is C28H32N2O5S. The molecule has 0 radical (unpaired) electrons. The van der Waals surface area contributed by atoms with Gasteiger partial charge in [0.15, 0.2) is 6.10 Å². The SMILES string of the molecule is COc1ccc([C@H](CC(C)C)NC(=O)[C@H]2CN(S(=O)(=O)c3ccc(C)cc3)c3ccccc3O2)cc1. The number of nitrogens with one attached hydrogen (secondary N) is 1. The van der Waals surface area contributed by atoms with Gasteiger partial charge in [-0.15, -0.1) is 0 Å². The summed E-state index contributed by atoms with van der Waals surface area (Å²) in [4.78, 5) is 13.6. The van der Waals surface area contributed by atoms with Gasteiger partial charge in [0.2, 0.25) is 0 Å². The summed E-state index contributed by atoms with van der Waals surface area (Å²) >= 11 is 0. The predicted octanol–water partition coefficient (Wildman–Crippen LogP) is 4.86. The zero-order chi connectivity index (χ0) is 25.9. The number of hydrogen-bond donors (Lipinski definition) is 1. The Hall–Kier alpha value is -3.52. The van der Waals surface area contributed by atoms with Crippen molar-refractivity contribution < 1.29 is 22.7 Å². The second-order valence-electron chi connectivity index (χ2n) is 9.39. The summed E-state index contributed by atoms with van der Waals surface area (Å²) in [6.45, 7) is 5.95. The van der Waals surface area contributed by atoms with E-state index < -0.39 is 16.1 Å². The molecule has 1 heterocycles. The highest BCUT2D eigenvalue weighted by Crippen LogP contribution is 2.37. The zero-order valence-electron chi connectivity index (χ0n) is 21.0. The van der Waals surface area contributed by atoms with Crippen LogP contribution in [-0.2, 0) is 14.8 Å². The number of methoxy groups -OCH3 is 1. The van der Waals surface area contributed by atoms with Crippen LogP contribution in [0.15, 0.2) is 77.7 Å². The van der Waals surface area contributed by atoms with Crippen LogP contribution in [0, 0.1) is 12.8 Å². The maximum absolute atomic E-state index is 13.6. The van der Waals surface area contributed by atoms with E-state index in [1.165, 1.54) is 4.31 Å². The number of amides is 1. The molecule has 3 aromatic rings. The molecule has 0 saturated heterocycles. The molecule has 0 bridgehead atoms. The molecule has 0 spiro atoms. The van der Waals surface area contributed by atoms with Crippen LogP contribution in [0.1, 0.15) is 37.4 Å². The second-order valence-corrected chi connectivity index (χ2v) is 11.2. The van der Waals surface area contributed by atoms with Crippen molar-refractivity contribution >= 4 is 21.6 Å². The van der Waals surface area contributed by atoms with E-state index in [1.807, 2.05) is 31.2 Å². The molecule has 1 amide bonds. The normalized spacial score (nSPS) is 16.1. The summed E-state index contributed by atoms with van der Waals surface area (Å²) in [5, 5.41) is 3.10. The van der Waals surface area contributed by atoms with E-state index in [2.05, 4.69) is 19.2 Å². The van der Waals surface area contributed by atoms with Crippen molar-refractivity contribution in [3.63, 3.8) is 0 Å². The van der Waals surface area contributed by atoms with Crippen molar-refractivity contribution in [1.82, 2.24) is 5.32 Å². The molecule has 0 fully saturated rings. The lowest BCUT2D eigenvalue weighted by molar-refractivity contribution is -0.128. The number of para-hydroxylation sites is 2. The Labute approximate surface area is 213 Å². The van der Waals surface area contributed by atoms with Gasteiger partial charge in [0.25, 0.3) is 15.9 Å². The number of fused-ring (bicyclic) bond motifs is 1. The minimum atomic E-state index is -3.91. The number of nitrogens with zero attached hydrogens (tertiary/aromatic N) is 1. The van der Waals surface area contributed by atoms with Gasteiger partial charge in [-0.2, -0.15) is 0 Å². The fourth-order valence-electron chi connectivity index (χ4n) is 4.25. The maximum Gasteiger partial charge on any atom is 0.264 e. The number of sulfonamides is 1. The minimum Gasteiger partial charge on any atom is -0.497 e. The molecule has 0 aromatic heterocycles. The van der Waals surface area contributed by atoms with E-state index in [4.69, 9.17) is 9.47 Å². The first-order chi connectivity index (χ1) is 17.2. The summed E-state index contributed by atoms with van der Waals surface area (Å²) in [5.74, 6) is 1.04. The van der Waals surface area contributed by atoms with E-state index in [9.17, 15) is 13.2 Å². The smallest absolute Gasteiger partial charge is 0.264 e. The van der Waals surface area contributed by atoms with Gasteiger partial charge in [0, 0.05) is 0 Å². The van der Waals surface area contributed by atoms with E-state index in [0.29, 0.717) is 23.8 Å². The highest BCUT2D eigenvalue weighted by atomic mass is 32.2. The van der Waals surface area contributed by atoms with Crippen LogP contribution in [0.2, 0.25) is 0 Å². The van der Waals surface area contributed by atoms with Crippen molar-refractivity contribution in [3.05, 3.63) is 83.9 Å². The van der Waals surface area contributed by atoms with E-state index in [0.717, 1.165) is 16.9 Å². The van der Waals surface area contributed by atoms with Crippen molar-refractivity contribution in [2.45, 2.75) is 44.2 Å². The average Bonchev–Trinajstić information content (AvgIpc) is 2.87. The molecule has 36 heavy (non-hydrogen) atoms. The number of anilines is 1. The molecule has 4 rings (SSSR count). The van der Waals surface area contributed by atoms with Gasteiger partial charge in [-0.25, -0.2) is 8.42 Å². The Balaban J connectivity index is 1.62. The van der Waals surface area contributed by atoms with E-state index in [1.54, 1.807) is 55.6 Å². The van der Waals surface area contributed by atoms with Gasteiger partial charge >= 0.3 is 0 Å². The third-order valence-electron chi connectivity index (χ3n) is 6.18. The Morgan fingerprint density at radius 3 is 2.36 bits per heavy atom. The number of carbonyl (C=O) groups excluding carboxylic acids is 1. The Kier molecular flexibility index (Phi) is 7.54. The minimum absolute atomic E-state index is 0.129. The molecule has 0 aliphatic carbocycles. The van der Waals surface area contributed by atoms with Crippen LogP contribution in [0.4, 0.5) is 5.69 Å². The standard InChI is InChI=1S/C28H32N2O5S/c1-19(2)17-24(21-11-13-22(34-4)14-12-21)29-28(31)27-18-30(25-7-5-6-8-26(25)35-27)36(32,33)23-15-9-20(3)10-16-23/h5-16,19,24,27H,17-18H2,1-4H3,(H,29,31)/t24-,27+/m0/s1. The average molecular weight is 509 g/mol. The van der Waals surface area contributed by atoms with Crippen LogP contribution in [-0.4, -0.2) is 34.1 Å². The molecule has 0 unspecified atom stereocenters. The van der Waals surface area contributed by atoms with Crippen LogP contribution in [0.5, 0.6) is 11.5 Å². The Morgan fingerprint density at radius 2 is 1.72 bits per heavy atom. The third kappa shape index (κ3) is 5.49. The zero-order valence-corrected chi connectivity index (χ0v) is 21.8. The van der Waals surface area contributed by atoms with Crippen molar-refractivity contribution in [2.75, 3.05) is 18.0 Å². The van der Waals surface area contributed by atoms with Gasteiger partial charge in [-0.1, -0.05) is 55.8 Å². The number of carbonyl (C=O) groups is 1. The summed E-state index contributed by atoms with van der Waals surface area (Å²) in [6.07, 6.45) is -0.291. The fraction of sp³-hybridized carbons (Fsp3) is 0.321. The maximum atomic E-state index is 13.6. The Morgan fingerprint density at radius 1 is 1.06 bits per heavy atom. The van der Waals surface area contributed by atoms with E-state index in [-0.39, 0.29) is 23.4 Å². The summed E-state index contributed by atoms with van der Waals surface area (Å²) in [7, 11) is -2.30. The quantitative estimate of drug-likeness (QED) is 0.470. The van der Waals surface area contributed by atoms with Crippen LogP contribution >= 0.6 is 0 Å². The number of ether oxygens (including phenoxy) is 2. The van der Waals surface area contributed by atoms with E-state index >= 15 is 0 Å². The fourth-order valence-corrected chi connectivity index (χ4v) is 5.73. The lowest BCUT2D eigenvalue weighted by atomic mass is 9.96. The molecule has 2 atom stereocenters. The first-order valence-electron chi connectivity index (χ1n) is 12.0. The molecule has 8 heteroatoms. The van der Waals surface area contributed by atoms with Crippen molar-refractivity contribution in [3.8, 4) is 11.5 Å². The molecule has 0 saturated carbocycles. The first kappa shape index (κ1) is 25.6. The highest BCUT2D eigenvalue weighted by Gasteiger charge is 2.38. The third-order valence-corrected chi connectivity index (χ3v) is 7.97. The molecule has 1 aliphatic rings. The van der Waals surface area contributed by atoms with Gasteiger partial charge in [0.1, 0.15) is 11.5 Å². The number of aryl methyl sites for hydroxylation is 1. The lowest BCUT2D eigenvalue weighted by Crippen LogP contribution is -2.51. The molecule has 1 N–H and O–H groups in total. The summed E-state index contributed by atoms with van der Waals surface area (Å²) in [5.41, 5.74) is 2.32. The molecule has 3 aromatic carbocycles. The second kappa shape index (κ2) is 10.6. The van der Waals surface area contributed by atoms with Crippen LogP contribution in [0.3, 0.4) is 0 Å². The summed E-state index contributed by atoms with van der Waals surface area (Å²) in [6, 6.07) is 20.9. The van der Waals surface area contributed by atoms with Gasteiger partial charge in [-0.3, -0.25) is 9.10 Å².